The first kappa shape index (κ1) is 19.6. The summed E-state index contributed by atoms with van der Waals surface area (Å²) < 4.78 is 5.05. The number of amides is 3. The van der Waals surface area contributed by atoms with E-state index in [-0.39, 0.29) is 25.2 Å². The van der Waals surface area contributed by atoms with E-state index in [0.29, 0.717) is 12.1 Å². The molecule has 1 atom stereocenters. The number of nitrogens with zero attached hydrogens (tertiary/aromatic N) is 1. The fraction of sp³-hybridized carbons (Fsp3) is 0.474. The van der Waals surface area contributed by atoms with Crippen LogP contribution in [0.2, 0.25) is 0 Å². The highest BCUT2D eigenvalue weighted by Crippen LogP contribution is 2.11. The Bertz CT molecular complexity index is 684. The van der Waals surface area contributed by atoms with E-state index in [1.807, 2.05) is 12.1 Å². The number of urea groups is 1. The molecule has 0 unspecified atom stereocenters. The van der Waals surface area contributed by atoms with Gasteiger partial charge in [0.05, 0.1) is 6.42 Å². The number of imide groups is 1. The van der Waals surface area contributed by atoms with Crippen molar-refractivity contribution in [1.29, 1.82) is 0 Å². The fourth-order valence-electron chi connectivity index (χ4n) is 2.71. The quantitative estimate of drug-likeness (QED) is 0.566. The first-order valence-corrected chi connectivity index (χ1v) is 8.83. The summed E-state index contributed by atoms with van der Waals surface area (Å²) in [6.45, 7) is 4.15. The lowest BCUT2D eigenvalue weighted by Gasteiger charge is -2.18. The largest absolute Gasteiger partial charge is 0.453 e. The number of benzene rings is 1. The van der Waals surface area contributed by atoms with Crippen LogP contribution in [0.5, 0.6) is 0 Å². The molecule has 0 radical (unpaired) electrons. The van der Waals surface area contributed by atoms with E-state index >= 15 is 0 Å². The molecule has 1 aliphatic heterocycles. The minimum Gasteiger partial charge on any atom is -0.453 e. The van der Waals surface area contributed by atoms with Crippen LogP contribution in [0, 0.1) is 0 Å². The number of hydrogen-bond donors (Lipinski definition) is 1. The summed E-state index contributed by atoms with van der Waals surface area (Å²) >= 11 is 0. The maximum Gasteiger partial charge on any atom is 0.324 e. The Morgan fingerprint density at radius 1 is 1.19 bits per heavy atom. The summed E-state index contributed by atoms with van der Waals surface area (Å²) in [6, 6.07) is 6.86. The van der Waals surface area contributed by atoms with Crippen molar-refractivity contribution >= 4 is 23.7 Å². The molecule has 1 heterocycles. The summed E-state index contributed by atoms with van der Waals surface area (Å²) in [5.74, 6) is -1.35. The number of ether oxygens (including phenoxy) is 1. The van der Waals surface area contributed by atoms with E-state index in [1.54, 1.807) is 12.1 Å². The number of ketones is 1. The zero-order chi connectivity index (χ0) is 19.1. The van der Waals surface area contributed by atoms with Crippen molar-refractivity contribution in [2.45, 2.75) is 45.6 Å². The summed E-state index contributed by atoms with van der Waals surface area (Å²) in [6.07, 6.45) is 0.836. The van der Waals surface area contributed by atoms with Crippen molar-refractivity contribution in [2.24, 2.45) is 0 Å². The Balaban J connectivity index is 1.79. The molecule has 0 spiro atoms. The number of carbonyl (C=O) groups excluding carboxylic acids is 4. The SMILES string of the molecule is CCCc1ccc(C(=O)CCC(=O)O[C@H](C)C(=O)N2CCNC2=O)cc1. The molecule has 7 nitrogen and oxygen atoms in total. The van der Waals surface area contributed by atoms with Gasteiger partial charge in [0, 0.05) is 25.1 Å². The van der Waals surface area contributed by atoms with Crippen LogP contribution < -0.4 is 5.32 Å². The third kappa shape index (κ3) is 5.15. The molecule has 0 aliphatic carbocycles. The van der Waals surface area contributed by atoms with Crippen LogP contribution in [0.1, 0.15) is 49.0 Å². The molecule has 0 bridgehead atoms. The average molecular weight is 360 g/mol. The van der Waals surface area contributed by atoms with E-state index < -0.39 is 24.0 Å². The molecule has 26 heavy (non-hydrogen) atoms. The molecule has 140 valence electrons. The second-order valence-corrected chi connectivity index (χ2v) is 6.22. The monoisotopic (exact) mass is 360 g/mol. The van der Waals surface area contributed by atoms with Crippen molar-refractivity contribution in [1.82, 2.24) is 10.2 Å². The standard InChI is InChI=1S/C19H24N2O5/c1-3-4-14-5-7-15(8-6-14)16(22)9-10-17(23)26-13(2)18(24)21-12-11-20-19(21)25/h5-8,13H,3-4,9-12H2,1-2H3,(H,20,25)/t13-/m1/s1. The number of esters is 1. The Morgan fingerprint density at radius 3 is 2.46 bits per heavy atom. The number of rotatable bonds is 8. The number of carbonyl (C=O) groups is 4. The second kappa shape index (κ2) is 9.12. The fourth-order valence-corrected chi connectivity index (χ4v) is 2.71. The lowest BCUT2D eigenvalue weighted by atomic mass is 10.0. The second-order valence-electron chi connectivity index (χ2n) is 6.22. The van der Waals surface area contributed by atoms with E-state index in [9.17, 15) is 19.2 Å². The third-order valence-corrected chi connectivity index (χ3v) is 4.15. The molecule has 1 saturated heterocycles. The molecule has 3 amide bonds. The highest BCUT2D eigenvalue weighted by molar-refractivity contribution is 5.99. The van der Waals surface area contributed by atoms with Gasteiger partial charge in [0.2, 0.25) is 0 Å². The molecular weight excluding hydrogens is 336 g/mol. The predicted octanol–water partition coefficient (Wildman–Crippen LogP) is 2.09. The Labute approximate surface area is 152 Å². The van der Waals surface area contributed by atoms with Crippen LogP contribution in [0.15, 0.2) is 24.3 Å². The zero-order valence-corrected chi connectivity index (χ0v) is 15.1. The van der Waals surface area contributed by atoms with Gasteiger partial charge in [-0.3, -0.25) is 19.3 Å². The Hall–Kier alpha value is -2.70. The number of Topliss-reactive ketones (excluding diaryl/α,β-unsaturated/α-hetero) is 1. The van der Waals surface area contributed by atoms with Gasteiger partial charge in [-0.1, -0.05) is 37.6 Å². The highest BCUT2D eigenvalue weighted by Gasteiger charge is 2.31. The first-order chi connectivity index (χ1) is 12.4. The van der Waals surface area contributed by atoms with Gasteiger partial charge >= 0.3 is 12.0 Å². The molecule has 1 aliphatic rings. The van der Waals surface area contributed by atoms with Crippen LogP contribution in [-0.2, 0) is 20.7 Å². The van der Waals surface area contributed by atoms with Crippen LogP contribution in [0.3, 0.4) is 0 Å². The lowest BCUT2D eigenvalue weighted by molar-refractivity contribution is -0.157. The van der Waals surface area contributed by atoms with Crippen molar-refractivity contribution < 1.29 is 23.9 Å². The van der Waals surface area contributed by atoms with Gasteiger partial charge < -0.3 is 10.1 Å². The zero-order valence-electron chi connectivity index (χ0n) is 15.1. The van der Waals surface area contributed by atoms with Gasteiger partial charge in [0.25, 0.3) is 5.91 Å². The van der Waals surface area contributed by atoms with Crippen molar-refractivity contribution in [2.75, 3.05) is 13.1 Å². The normalized spacial score (nSPS) is 14.7. The molecule has 1 fully saturated rings. The molecule has 1 aromatic rings. The van der Waals surface area contributed by atoms with Crippen LogP contribution in [0.4, 0.5) is 4.79 Å². The smallest absolute Gasteiger partial charge is 0.324 e. The maximum absolute atomic E-state index is 12.2. The van der Waals surface area contributed by atoms with Gasteiger partial charge in [-0.05, 0) is 18.9 Å². The van der Waals surface area contributed by atoms with E-state index in [2.05, 4.69) is 12.2 Å². The lowest BCUT2D eigenvalue weighted by Crippen LogP contribution is -2.41. The van der Waals surface area contributed by atoms with Gasteiger partial charge in [-0.2, -0.15) is 0 Å². The summed E-state index contributed by atoms with van der Waals surface area (Å²) in [5.41, 5.74) is 1.72. The maximum atomic E-state index is 12.2. The molecule has 1 N–H and O–H groups in total. The summed E-state index contributed by atoms with van der Waals surface area (Å²) in [5, 5.41) is 2.51. The molecule has 1 aromatic carbocycles. The van der Waals surface area contributed by atoms with Crippen LogP contribution in [0.25, 0.3) is 0 Å². The minimum atomic E-state index is -1.06. The van der Waals surface area contributed by atoms with Crippen molar-refractivity contribution in [3.05, 3.63) is 35.4 Å². The molecule has 0 aromatic heterocycles. The van der Waals surface area contributed by atoms with Gasteiger partial charge in [-0.25, -0.2) is 4.79 Å². The molecule has 0 saturated carbocycles. The summed E-state index contributed by atoms with van der Waals surface area (Å²) in [4.78, 5) is 48.6. The summed E-state index contributed by atoms with van der Waals surface area (Å²) in [7, 11) is 0. The molecular formula is C19H24N2O5. The minimum absolute atomic E-state index is 0.0110. The van der Waals surface area contributed by atoms with E-state index in [0.717, 1.165) is 17.7 Å². The number of hydrogen-bond acceptors (Lipinski definition) is 5. The van der Waals surface area contributed by atoms with Gasteiger partial charge in [-0.15, -0.1) is 0 Å². The van der Waals surface area contributed by atoms with E-state index in [4.69, 9.17) is 4.74 Å². The average Bonchev–Trinajstić information content (AvgIpc) is 3.05. The number of aryl methyl sites for hydroxylation is 1. The number of nitrogens with one attached hydrogen (secondary N) is 1. The molecule has 2 rings (SSSR count). The molecule has 7 heteroatoms. The Morgan fingerprint density at radius 2 is 1.88 bits per heavy atom. The van der Waals surface area contributed by atoms with Gasteiger partial charge in [0.15, 0.2) is 11.9 Å². The highest BCUT2D eigenvalue weighted by atomic mass is 16.5. The van der Waals surface area contributed by atoms with Crippen molar-refractivity contribution in [3.63, 3.8) is 0 Å². The topological polar surface area (TPSA) is 92.8 Å². The third-order valence-electron chi connectivity index (χ3n) is 4.15. The Kier molecular flexibility index (Phi) is 6.89. The van der Waals surface area contributed by atoms with Crippen molar-refractivity contribution in [3.8, 4) is 0 Å². The predicted molar refractivity (Wildman–Crippen MR) is 94.7 cm³/mol. The van der Waals surface area contributed by atoms with Crippen LogP contribution in [-0.4, -0.2) is 47.8 Å². The van der Waals surface area contributed by atoms with Gasteiger partial charge in [0.1, 0.15) is 0 Å². The van der Waals surface area contributed by atoms with E-state index in [1.165, 1.54) is 12.5 Å². The first-order valence-electron chi connectivity index (χ1n) is 8.83. The van der Waals surface area contributed by atoms with Crippen LogP contribution >= 0.6 is 0 Å².